The molecule has 1 aromatic rings. The first-order valence-corrected chi connectivity index (χ1v) is 8.64. The average Bonchev–Trinajstić information content (AvgIpc) is 3.02. The maximum Gasteiger partial charge on any atom is 0.525 e. The Kier molecular flexibility index (Phi) is 4.86. The van der Waals surface area contributed by atoms with E-state index >= 15 is 0 Å². The molecule has 24 heavy (non-hydrogen) atoms. The molecule has 0 N–H and O–H groups in total. The van der Waals surface area contributed by atoms with Gasteiger partial charge < -0.3 is 14.0 Å². The van der Waals surface area contributed by atoms with E-state index in [1.807, 2.05) is 33.9 Å². The van der Waals surface area contributed by atoms with Gasteiger partial charge in [0.1, 0.15) is 5.73 Å². The van der Waals surface area contributed by atoms with Gasteiger partial charge in [0.25, 0.3) is 0 Å². The Morgan fingerprint density at radius 2 is 2.04 bits per heavy atom. The van der Waals surface area contributed by atoms with Gasteiger partial charge in [-0.05, 0) is 53.0 Å². The number of rotatable bonds is 4. The summed E-state index contributed by atoms with van der Waals surface area (Å²) in [6.07, 6.45) is 8.46. The molecule has 2 aliphatic heterocycles. The lowest BCUT2D eigenvalue weighted by Crippen LogP contribution is -2.41. The molecule has 7 heteroatoms. The van der Waals surface area contributed by atoms with Gasteiger partial charge in [-0.15, -0.1) is 0 Å². The van der Waals surface area contributed by atoms with Crippen molar-refractivity contribution in [2.75, 3.05) is 6.61 Å². The van der Waals surface area contributed by atoms with Gasteiger partial charge in [-0.2, -0.15) is 5.10 Å². The molecule has 0 aromatic carbocycles. The maximum absolute atomic E-state index is 14.5. The van der Waals surface area contributed by atoms with Crippen molar-refractivity contribution in [2.45, 2.75) is 70.8 Å². The van der Waals surface area contributed by atoms with Crippen LogP contribution in [0.5, 0.6) is 0 Å². The smallest absolute Gasteiger partial charge is 0.398 e. The van der Waals surface area contributed by atoms with Gasteiger partial charge >= 0.3 is 7.12 Å². The molecule has 2 aliphatic rings. The minimum absolute atomic E-state index is 0.198. The monoisotopic (exact) mass is 336 g/mol. The Morgan fingerprint density at radius 3 is 2.67 bits per heavy atom. The summed E-state index contributed by atoms with van der Waals surface area (Å²) >= 11 is 0. The molecule has 2 fully saturated rings. The van der Waals surface area contributed by atoms with Crippen LogP contribution in [0.2, 0.25) is 0 Å². The highest BCUT2D eigenvalue weighted by atomic mass is 19.1. The molecule has 0 radical (unpaired) electrons. The summed E-state index contributed by atoms with van der Waals surface area (Å²) in [6.45, 7) is 9.14. The Hall–Kier alpha value is -1.18. The molecule has 1 atom stereocenters. The summed E-state index contributed by atoms with van der Waals surface area (Å²) in [5.41, 5.74) is -0.850. The largest absolute Gasteiger partial charge is 0.525 e. The molecular weight excluding hydrogens is 310 g/mol. The first-order chi connectivity index (χ1) is 11.3. The van der Waals surface area contributed by atoms with Gasteiger partial charge in [0.2, 0.25) is 0 Å². The highest BCUT2D eigenvalue weighted by Crippen LogP contribution is 2.39. The van der Waals surface area contributed by atoms with Gasteiger partial charge in [0, 0.05) is 18.4 Å². The Labute approximate surface area is 143 Å². The minimum atomic E-state index is -0.972. The van der Waals surface area contributed by atoms with E-state index in [1.165, 1.54) is 12.5 Å². The molecule has 0 spiro atoms. The van der Waals surface area contributed by atoms with Crippen LogP contribution in [-0.4, -0.2) is 40.8 Å². The summed E-state index contributed by atoms with van der Waals surface area (Å²) in [6, 6.07) is 0. The summed E-state index contributed by atoms with van der Waals surface area (Å²) < 4.78 is 33.4. The van der Waals surface area contributed by atoms with Crippen molar-refractivity contribution in [3.05, 3.63) is 23.7 Å². The zero-order valence-electron chi connectivity index (χ0n) is 14.9. The summed E-state index contributed by atoms with van der Waals surface area (Å²) in [4.78, 5) is 0. The topological polar surface area (TPSA) is 45.5 Å². The van der Waals surface area contributed by atoms with Crippen molar-refractivity contribution in [3.63, 3.8) is 0 Å². The first kappa shape index (κ1) is 17.6. The molecule has 0 amide bonds. The molecule has 0 saturated carbocycles. The number of hydrogen-bond donors (Lipinski definition) is 0. The maximum atomic E-state index is 14.5. The minimum Gasteiger partial charge on any atom is -0.398 e. The fourth-order valence-corrected chi connectivity index (χ4v) is 2.90. The van der Waals surface area contributed by atoms with Crippen molar-refractivity contribution in [2.24, 2.45) is 0 Å². The lowest BCUT2D eigenvalue weighted by Gasteiger charge is -2.32. The fraction of sp³-hybridized carbons (Fsp3) is 0.706. The lowest BCUT2D eigenvalue weighted by molar-refractivity contribution is 0.00399. The van der Waals surface area contributed by atoms with Gasteiger partial charge in [-0.1, -0.05) is 0 Å². The van der Waals surface area contributed by atoms with Crippen LogP contribution < -0.4 is 0 Å². The second-order valence-electron chi connectivity index (χ2n) is 7.60. The molecule has 3 heterocycles. The molecule has 0 aliphatic carbocycles. The number of nitrogens with zero attached hydrogens (tertiary/aromatic N) is 2. The normalized spacial score (nSPS) is 26.8. The van der Waals surface area contributed by atoms with Crippen molar-refractivity contribution in [1.82, 2.24) is 9.78 Å². The van der Waals surface area contributed by atoms with Crippen LogP contribution in [0, 0.1) is 0 Å². The molecule has 3 rings (SSSR count). The second kappa shape index (κ2) is 6.62. The van der Waals surface area contributed by atoms with E-state index < -0.39 is 24.0 Å². The van der Waals surface area contributed by atoms with Crippen LogP contribution in [0.4, 0.5) is 4.39 Å². The van der Waals surface area contributed by atoms with Gasteiger partial charge in [0.05, 0.1) is 30.0 Å². The van der Waals surface area contributed by atoms with Crippen molar-refractivity contribution in [1.29, 1.82) is 0 Å². The molecule has 5 nitrogen and oxygen atoms in total. The Balaban J connectivity index is 1.64. The summed E-state index contributed by atoms with van der Waals surface area (Å²) in [7, 11) is -0.972. The van der Waals surface area contributed by atoms with Crippen LogP contribution in [0.3, 0.4) is 0 Å². The fourth-order valence-electron chi connectivity index (χ4n) is 2.90. The van der Waals surface area contributed by atoms with Crippen molar-refractivity contribution >= 4 is 13.2 Å². The van der Waals surface area contributed by atoms with Crippen LogP contribution in [0.1, 0.15) is 52.5 Å². The molecule has 1 aromatic heterocycles. The SMILES string of the molecule is CC1(C)OB(C(F)=Cc2cnn(CC3CCCCO3)c2)OC1(C)C. The van der Waals surface area contributed by atoms with E-state index in [0.717, 1.165) is 19.4 Å². The van der Waals surface area contributed by atoms with E-state index in [2.05, 4.69) is 5.10 Å². The summed E-state index contributed by atoms with van der Waals surface area (Å²) in [5.74, 6) is 0. The molecular formula is C17H26BFN2O3. The number of hydrogen-bond acceptors (Lipinski definition) is 4. The van der Waals surface area contributed by atoms with Crippen LogP contribution in [-0.2, 0) is 20.6 Å². The van der Waals surface area contributed by atoms with Crippen molar-refractivity contribution < 1.29 is 18.4 Å². The molecule has 1 unspecified atom stereocenters. The average molecular weight is 336 g/mol. The standard InChI is InChI=1S/C17H26BFN2O3/c1-16(2)17(3,4)24-18(23-16)15(19)9-13-10-20-21(11-13)12-14-7-5-6-8-22-14/h9-11,14H,5-8,12H2,1-4H3. The van der Waals surface area contributed by atoms with Gasteiger partial charge in [0.15, 0.2) is 0 Å². The quantitative estimate of drug-likeness (QED) is 0.791. The first-order valence-electron chi connectivity index (χ1n) is 8.64. The highest BCUT2D eigenvalue weighted by Gasteiger charge is 2.53. The highest BCUT2D eigenvalue weighted by molar-refractivity contribution is 6.54. The predicted octanol–water partition coefficient (Wildman–Crippen LogP) is 3.39. The van der Waals surface area contributed by atoms with Gasteiger partial charge in [-0.25, -0.2) is 4.39 Å². The van der Waals surface area contributed by atoms with Gasteiger partial charge in [-0.3, -0.25) is 4.68 Å². The van der Waals surface area contributed by atoms with Crippen LogP contribution in [0.15, 0.2) is 18.1 Å². The molecule has 132 valence electrons. The molecule has 2 saturated heterocycles. The third-order valence-electron chi connectivity index (χ3n) is 5.10. The molecule has 0 bridgehead atoms. The summed E-state index contributed by atoms with van der Waals surface area (Å²) in [5, 5.41) is 4.29. The zero-order chi connectivity index (χ0) is 17.4. The van der Waals surface area contributed by atoms with E-state index in [0.29, 0.717) is 12.1 Å². The van der Waals surface area contributed by atoms with E-state index in [4.69, 9.17) is 14.0 Å². The van der Waals surface area contributed by atoms with Crippen LogP contribution in [0.25, 0.3) is 6.08 Å². The number of aromatic nitrogens is 2. The number of halogens is 1. The Bertz CT molecular complexity index is 593. The number of ether oxygens (including phenoxy) is 1. The van der Waals surface area contributed by atoms with E-state index in [1.54, 1.807) is 10.9 Å². The van der Waals surface area contributed by atoms with Crippen LogP contribution >= 0.6 is 0 Å². The lowest BCUT2D eigenvalue weighted by atomic mass is 9.87. The third-order valence-corrected chi connectivity index (χ3v) is 5.10. The zero-order valence-corrected chi connectivity index (χ0v) is 14.9. The Morgan fingerprint density at radius 1 is 1.33 bits per heavy atom. The van der Waals surface area contributed by atoms with E-state index in [-0.39, 0.29) is 6.10 Å². The van der Waals surface area contributed by atoms with E-state index in [9.17, 15) is 4.39 Å². The van der Waals surface area contributed by atoms with Crippen molar-refractivity contribution in [3.8, 4) is 0 Å². The second-order valence-corrected chi connectivity index (χ2v) is 7.60. The predicted molar refractivity (Wildman–Crippen MR) is 91.0 cm³/mol. The third kappa shape index (κ3) is 3.73.